The van der Waals surface area contributed by atoms with Gasteiger partial charge in [0.1, 0.15) is 28.5 Å². The van der Waals surface area contributed by atoms with Gasteiger partial charge in [0.2, 0.25) is 0 Å². The molecular weight excluding hydrogens is 546 g/mol. The Bertz CT molecular complexity index is 2080. The van der Waals surface area contributed by atoms with Crippen molar-refractivity contribution in [2.75, 3.05) is 0 Å². The zero-order chi connectivity index (χ0) is 30.2. The van der Waals surface area contributed by atoms with Crippen LogP contribution in [-0.2, 0) is 11.3 Å². The summed E-state index contributed by atoms with van der Waals surface area (Å²) in [7, 11) is 0. The molecule has 0 unspecified atom stereocenters. The number of para-hydroxylation sites is 2. The minimum Gasteiger partial charge on any atom is -0.507 e. The van der Waals surface area contributed by atoms with Crippen LogP contribution in [0.4, 0.5) is 0 Å². The Morgan fingerprint density at radius 2 is 1.56 bits per heavy atom. The fourth-order valence-corrected chi connectivity index (χ4v) is 5.32. The van der Waals surface area contributed by atoms with Crippen LogP contribution in [0.2, 0.25) is 0 Å². The van der Waals surface area contributed by atoms with E-state index >= 15 is 0 Å². The first-order valence-electron chi connectivity index (χ1n) is 13.5. The predicted molar refractivity (Wildman–Crippen MR) is 163 cm³/mol. The summed E-state index contributed by atoms with van der Waals surface area (Å²) in [5.41, 5.74) is 3.34. The summed E-state index contributed by atoms with van der Waals surface area (Å²) in [5, 5.41) is 37.4. The summed E-state index contributed by atoms with van der Waals surface area (Å²) in [6, 6.07) is 24.5. The van der Waals surface area contributed by atoms with Gasteiger partial charge in [0.25, 0.3) is 11.5 Å². The first kappa shape index (κ1) is 27.2. The van der Waals surface area contributed by atoms with Gasteiger partial charge in [-0.3, -0.25) is 14.4 Å². The smallest absolute Gasteiger partial charge is 0.273 e. The number of ketones is 1. The van der Waals surface area contributed by atoms with Gasteiger partial charge in [-0.15, -0.1) is 0 Å². The molecule has 0 saturated carbocycles. The van der Waals surface area contributed by atoms with Gasteiger partial charge in [-0.05, 0) is 54.5 Å². The van der Waals surface area contributed by atoms with Crippen molar-refractivity contribution in [2.24, 2.45) is 5.10 Å². The number of fused-ring (bicyclic) bond motifs is 1. The highest BCUT2D eigenvalue weighted by molar-refractivity contribution is 6.34. The van der Waals surface area contributed by atoms with Gasteiger partial charge in [0.15, 0.2) is 5.78 Å². The highest BCUT2D eigenvalue weighted by atomic mass is 16.3. The number of hydrazone groups is 1. The number of benzene rings is 4. The van der Waals surface area contributed by atoms with Crippen molar-refractivity contribution in [3.05, 3.63) is 129 Å². The van der Waals surface area contributed by atoms with E-state index in [1.807, 2.05) is 0 Å². The molecule has 0 saturated heterocycles. The monoisotopic (exact) mass is 571 g/mol. The average molecular weight is 572 g/mol. The molecule has 9 heteroatoms. The summed E-state index contributed by atoms with van der Waals surface area (Å²) in [4.78, 5) is 40.2. The van der Waals surface area contributed by atoms with Crippen molar-refractivity contribution in [3.63, 3.8) is 0 Å². The molecule has 0 radical (unpaired) electrons. The fraction of sp³-hybridized carbons (Fsp3) is 0.0588. The van der Waals surface area contributed by atoms with Crippen LogP contribution in [0.1, 0.15) is 34.0 Å². The summed E-state index contributed by atoms with van der Waals surface area (Å²) in [6.45, 7) is 2.10. The lowest BCUT2D eigenvalue weighted by Crippen LogP contribution is -2.27. The van der Waals surface area contributed by atoms with Crippen molar-refractivity contribution in [1.29, 1.82) is 0 Å². The van der Waals surface area contributed by atoms with Crippen LogP contribution < -0.4 is 11.0 Å². The lowest BCUT2D eigenvalue weighted by Gasteiger charge is -2.15. The van der Waals surface area contributed by atoms with Gasteiger partial charge in [0, 0.05) is 23.1 Å². The minimum absolute atomic E-state index is 0.0315. The van der Waals surface area contributed by atoms with Crippen molar-refractivity contribution < 1.29 is 24.9 Å². The maximum Gasteiger partial charge on any atom is 0.273 e. The van der Waals surface area contributed by atoms with E-state index in [4.69, 9.17) is 0 Å². The van der Waals surface area contributed by atoms with E-state index in [0.29, 0.717) is 34.1 Å². The number of rotatable bonds is 6. The molecule has 0 atom stereocenters. The number of carbonyl (C=O) groups is 2. The van der Waals surface area contributed by atoms with Gasteiger partial charge < -0.3 is 19.9 Å². The first-order chi connectivity index (χ1) is 20.8. The number of pyridine rings is 1. The van der Waals surface area contributed by atoms with Crippen LogP contribution in [0, 0.1) is 0 Å². The molecule has 9 nitrogen and oxygen atoms in total. The maximum atomic E-state index is 13.6. The van der Waals surface area contributed by atoms with Crippen LogP contribution in [0.3, 0.4) is 0 Å². The molecule has 2 heterocycles. The van der Waals surface area contributed by atoms with Crippen LogP contribution in [0.25, 0.3) is 28.1 Å². The molecule has 0 bridgehead atoms. The molecule has 5 aromatic rings. The van der Waals surface area contributed by atoms with Crippen molar-refractivity contribution >= 4 is 34.4 Å². The predicted octanol–water partition coefficient (Wildman–Crippen LogP) is 4.95. The zero-order valence-corrected chi connectivity index (χ0v) is 22.9. The Balaban J connectivity index is 1.60. The lowest BCUT2D eigenvalue weighted by molar-refractivity contribution is -0.116. The van der Waals surface area contributed by atoms with E-state index in [2.05, 4.69) is 10.5 Å². The van der Waals surface area contributed by atoms with E-state index in [0.717, 1.165) is 0 Å². The Labute approximate surface area is 245 Å². The molecule has 4 N–H and O–H groups in total. The van der Waals surface area contributed by atoms with Gasteiger partial charge in [-0.25, -0.2) is 5.43 Å². The summed E-state index contributed by atoms with van der Waals surface area (Å²) in [6.07, 6.45) is 1.43. The first-order valence-corrected chi connectivity index (χ1v) is 13.5. The number of hydrogen-bond donors (Lipinski definition) is 4. The summed E-state index contributed by atoms with van der Waals surface area (Å²) in [5.74, 6) is -1.83. The standard InChI is InChI=1S/C34H25N3O6/c1-2-37-26-14-8-6-13-22(26)32(41)29(34(37)43)30-25(33(42)36-35-30)17-20-16-24(31(40)19-10-4-3-5-11-19)28(39)18-23(20)21-12-7-9-15-27(21)38/h3-18,38-39,41H,2H2,1H3,(H,36,42)/b25-17-. The maximum absolute atomic E-state index is 13.6. The molecule has 212 valence electrons. The molecule has 0 spiro atoms. The highest BCUT2D eigenvalue weighted by Crippen LogP contribution is 2.38. The molecule has 0 aliphatic carbocycles. The molecule has 1 aromatic heterocycles. The largest absolute Gasteiger partial charge is 0.507 e. The molecule has 4 aromatic carbocycles. The number of nitrogens with zero attached hydrogens (tertiary/aromatic N) is 2. The number of carbonyl (C=O) groups excluding carboxylic acids is 2. The molecule has 0 fully saturated rings. The molecule has 1 aliphatic heterocycles. The minimum atomic E-state index is -0.641. The number of aryl methyl sites for hydroxylation is 1. The number of phenols is 2. The zero-order valence-electron chi connectivity index (χ0n) is 22.9. The van der Waals surface area contributed by atoms with E-state index < -0.39 is 17.2 Å². The van der Waals surface area contributed by atoms with Crippen molar-refractivity contribution in [1.82, 2.24) is 9.99 Å². The van der Waals surface area contributed by atoms with Crippen molar-refractivity contribution in [2.45, 2.75) is 13.5 Å². The number of nitrogens with one attached hydrogen (secondary N) is 1. The summed E-state index contributed by atoms with van der Waals surface area (Å²) >= 11 is 0. The van der Waals surface area contributed by atoms with E-state index in [1.165, 1.54) is 28.8 Å². The number of hydrogen-bond acceptors (Lipinski definition) is 7. The third kappa shape index (κ3) is 4.62. The van der Waals surface area contributed by atoms with Crippen LogP contribution in [-0.4, -0.2) is 37.3 Å². The second-order valence-corrected chi connectivity index (χ2v) is 9.92. The highest BCUT2D eigenvalue weighted by Gasteiger charge is 2.31. The second kappa shape index (κ2) is 10.8. The SMILES string of the molecule is CCn1c(=O)c(C2=NNC(=O)/C2=C\c2cc(C(=O)c3ccccc3)c(O)cc2-c2ccccc2O)c(O)c2ccccc21. The number of aromatic hydroxyl groups is 3. The number of amides is 1. The topological polar surface area (TPSA) is 141 Å². The molecular formula is C34H25N3O6. The normalized spacial score (nSPS) is 13.7. The number of phenolic OH excluding ortho intramolecular Hbond substituents is 2. The lowest BCUT2D eigenvalue weighted by atomic mass is 9.91. The Hall–Kier alpha value is -5.96. The Morgan fingerprint density at radius 3 is 2.30 bits per heavy atom. The Morgan fingerprint density at radius 1 is 0.860 bits per heavy atom. The fourth-order valence-electron chi connectivity index (χ4n) is 5.32. The average Bonchev–Trinajstić information content (AvgIpc) is 3.37. The summed E-state index contributed by atoms with van der Waals surface area (Å²) < 4.78 is 1.48. The van der Waals surface area contributed by atoms with Gasteiger partial charge >= 0.3 is 0 Å². The molecule has 1 amide bonds. The van der Waals surface area contributed by atoms with Gasteiger partial charge in [-0.1, -0.05) is 60.7 Å². The Kier molecular flexibility index (Phi) is 6.83. The number of aromatic nitrogens is 1. The van der Waals surface area contributed by atoms with Crippen LogP contribution in [0.5, 0.6) is 17.2 Å². The molecule has 6 rings (SSSR count). The third-order valence-corrected chi connectivity index (χ3v) is 7.41. The molecule has 1 aliphatic rings. The van der Waals surface area contributed by atoms with Crippen LogP contribution in [0.15, 0.2) is 106 Å². The van der Waals surface area contributed by atoms with Crippen molar-refractivity contribution in [3.8, 4) is 28.4 Å². The van der Waals surface area contributed by atoms with E-state index in [9.17, 15) is 29.7 Å². The van der Waals surface area contributed by atoms with Gasteiger partial charge in [-0.2, -0.15) is 5.10 Å². The van der Waals surface area contributed by atoms with E-state index in [-0.39, 0.29) is 45.2 Å². The van der Waals surface area contributed by atoms with E-state index in [1.54, 1.807) is 79.7 Å². The quantitative estimate of drug-likeness (QED) is 0.168. The second-order valence-electron chi connectivity index (χ2n) is 9.92. The van der Waals surface area contributed by atoms with Gasteiger partial charge in [0.05, 0.1) is 16.7 Å². The third-order valence-electron chi connectivity index (χ3n) is 7.41. The van der Waals surface area contributed by atoms with Crippen LogP contribution >= 0.6 is 0 Å². The molecule has 43 heavy (non-hydrogen) atoms.